The average molecular weight is 352 g/mol. The predicted octanol–water partition coefficient (Wildman–Crippen LogP) is 2.51. The van der Waals surface area contributed by atoms with E-state index in [2.05, 4.69) is 20.3 Å². The Hall–Kier alpha value is -3.13. The number of nitrogens with two attached hydrogens (primary N) is 2. The van der Waals surface area contributed by atoms with Gasteiger partial charge in [-0.25, -0.2) is 0 Å². The first-order valence-corrected chi connectivity index (χ1v) is 8.34. The lowest BCUT2D eigenvalue weighted by atomic mass is 10.1. The molecule has 0 radical (unpaired) electrons. The molecule has 126 valence electrons. The van der Waals surface area contributed by atoms with Crippen LogP contribution in [0.4, 0.5) is 17.6 Å². The quantitative estimate of drug-likeness (QED) is 0.603. The van der Waals surface area contributed by atoms with Crippen LogP contribution in [-0.2, 0) is 4.79 Å². The first-order valence-electron chi connectivity index (χ1n) is 7.46. The van der Waals surface area contributed by atoms with E-state index in [1.54, 1.807) is 0 Å². The van der Waals surface area contributed by atoms with Crippen LogP contribution in [0.15, 0.2) is 65.8 Å². The molecule has 5 N–H and O–H groups in total. The molecule has 2 aromatic carbocycles. The van der Waals surface area contributed by atoms with E-state index in [-0.39, 0.29) is 17.8 Å². The van der Waals surface area contributed by atoms with Gasteiger partial charge in [-0.3, -0.25) is 4.79 Å². The fraction of sp³-hybridized carbons (Fsp3) is 0.0588. The molecule has 7 nitrogen and oxygen atoms in total. The van der Waals surface area contributed by atoms with Gasteiger partial charge in [-0.05, 0) is 17.7 Å². The number of thioether (sulfide) groups is 1. The smallest absolute Gasteiger partial charge is 0.242 e. The van der Waals surface area contributed by atoms with E-state index in [9.17, 15) is 4.79 Å². The van der Waals surface area contributed by atoms with Crippen molar-refractivity contribution in [1.82, 2.24) is 15.0 Å². The molecular formula is C17H16N6OS. The van der Waals surface area contributed by atoms with Crippen molar-refractivity contribution in [2.75, 3.05) is 16.8 Å². The van der Waals surface area contributed by atoms with Crippen LogP contribution < -0.4 is 16.8 Å². The van der Waals surface area contributed by atoms with Gasteiger partial charge in [0, 0.05) is 5.69 Å². The number of hydrogen-bond acceptors (Lipinski definition) is 7. The minimum absolute atomic E-state index is 0.0188. The monoisotopic (exact) mass is 352 g/mol. The highest BCUT2D eigenvalue weighted by Crippen LogP contribution is 2.34. The molecule has 8 heteroatoms. The van der Waals surface area contributed by atoms with Gasteiger partial charge in [-0.2, -0.15) is 15.0 Å². The number of nitrogen functional groups attached to an aromatic ring is 2. The number of amides is 1. The van der Waals surface area contributed by atoms with Crippen LogP contribution in [-0.4, -0.2) is 20.9 Å². The zero-order valence-electron chi connectivity index (χ0n) is 13.2. The van der Waals surface area contributed by atoms with E-state index in [0.717, 1.165) is 17.3 Å². The van der Waals surface area contributed by atoms with Crippen LogP contribution in [0, 0.1) is 0 Å². The number of anilines is 3. The molecule has 1 amide bonds. The van der Waals surface area contributed by atoms with Gasteiger partial charge in [0.25, 0.3) is 0 Å². The van der Waals surface area contributed by atoms with Crippen LogP contribution in [0.1, 0.15) is 10.8 Å². The maximum atomic E-state index is 12.8. The Morgan fingerprint density at radius 2 is 1.44 bits per heavy atom. The van der Waals surface area contributed by atoms with Crippen molar-refractivity contribution < 1.29 is 4.79 Å². The number of aromatic nitrogens is 3. The molecule has 0 aliphatic carbocycles. The summed E-state index contributed by atoms with van der Waals surface area (Å²) < 4.78 is 0. The standard InChI is InChI=1S/C17H16N6OS/c18-15-21-16(19)23-17(22-15)25-13(11-7-3-1-4-8-11)14(24)20-12-9-5-2-6-10-12/h1-10,13H,(H,20,24)(H4,18,19,21,22,23)/t13-/m0/s1. The Morgan fingerprint density at radius 3 is 2.04 bits per heavy atom. The van der Waals surface area contributed by atoms with Crippen molar-refractivity contribution in [2.24, 2.45) is 0 Å². The molecule has 0 aliphatic rings. The third-order valence-corrected chi connectivity index (χ3v) is 4.37. The third-order valence-electron chi connectivity index (χ3n) is 3.25. The lowest BCUT2D eigenvalue weighted by Crippen LogP contribution is -2.19. The summed E-state index contributed by atoms with van der Waals surface area (Å²) in [6.07, 6.45) is 0. The van der Waals surface area contributed by atoms with Crippen LogP contribution in [0.25, 0.3) is 0 Å². The molecule has 25 heavy (non-hydrogen) atoms. The molecule has 0 bridgehead atoms. The van der Waals surface area contributed by atoms with Crippen molar-refractivity contribution in [3.05, 3.63) is 66.2 Å². The molecular weight excluding hydrogens is 336 g/mol. The van der Waals surface area contributed by atoms with Crippen LogP contribution in [0.5, 0.6) is 0 Å². The number of para-hydroxylation sites is 1. The van der Waals surface area contributed by atoms with E-state index in [1.165, 1.54) is 0 Å². The lowest BCUT2D eigenvalue weighted by molar-refractivity contribution is -0.115. The third kappa shape index (κ3) is 4.45. The number of nitrogens with zero attached hydrogens (tertiary/aromatic N) is 3. The lowest BCUT2D eigenvalue weighted by Gasteiger charge is -2.16. The minimum Gasteiger partial charge on any atom is -0.368 e. The van der Waals surface area contributed by atoms with E-state index < -0.39 is 5.25 Å². The van der Waals surface area contributed by atoms with E-state index in [4.69, 9.17) is 11.5 Å². The number of rotatable bonds is 5. The summed E-state index contributed by atoms with van der Waals surface area (Å²) >= 11 is 1.16. The van der Waals surface area contributed by atoms with E-state index in [1.807, 2.05) is 60.7 Å². The fourth-order valence-corrected chi connectivity index (χ4v) is 3.14. The van der Waals surface area contributed by atoms with Crippen LogP contribution >= 0.6 is 11.8 Å². The summed E-state index contributed by atoms with van der Waals surface area (Å²) in [7, 11) is 0. The molecule has 1 heterocycles. The number of carbonyl (C=O) groups excluding carboxylic acids is 1. The normalized spacial score (nSPS) is 11.7. The summed E-state index contributed by atoms with van der Waals surface area (Å²) in [5.74, 6) is -0.157. The molecule has 0 fully saturated rings. The zero-order chi connectivity index (χ0) is 17.6. The first kappa shape index (κ1) is 16.7. The Bertz CT molecular complexity index is 839. The van der Waals surface area contributed by atoms with Crippen molar-refractivity contribution in [1.29, 1.82) is 0 Å². The maximum absolute atomic E-state index is 12.8. The number of benzene rings is 2. The Balaban J connectivity index is 1.88. The molecule has 0 saturated carbocycles. The summed E-state index contributed by atoms with van der Waals surface area (Å²) in [5.41, 5.74) is 12.8. The zero-order valence-corrected chi connectivity index (χ0v) is 14.0. The van der Waals surface area contributed by atoms with E-state index >= 15 is 0 Å². The summed E-state index contributed by atoms with van der Waals surface area (Å²) in [5, 5.41) is 2.62. The second kappa shape index (κ2) is 7.63. The molecule has 1 atom stereocenters. The second-order valence-corrected chi connectivity index (χ2v) is 6.17. The van der Waals surface area contributed by atoms with Gasteiger partial charge in [0.05, 0.1) is 0 Å². The Kier molecular flexibility index (Phi) is 5.10. The molecule has 3 aromatic rings. The van der Waals surface area contributed by atoms with Crippen LogP contribution in [0.3, 0.4) is 0 Å². The number of hydrogen-bond donors (Lipinski definition) is 3. The highest BCUT2D eigenvalue weighted by molar-refractivity contribution is 8.00. The number of carbonyl (C=O) groups is 1. The first-order chi connectivity index (χ1) is 12.1. The van der Waals surface area contributed by atoms with Gasteiger partial charge in [0.2, 0.25) is 17.8 Å². The topological polar surface area (TPSA) is 120 Å². The number of nitrogens with one attached hydrogen (secondary N) is 1. The van der Waals surface area contributed by atoms with E-state index in [0.29, 0.717) is 10.8 Å². The maximum Gasteiger partial charge on any atom is 0.242 e. The SMILES string of the molecule is Nc1nc(N)nc(S[C@H](C(=O)Nc2ccccc2)c2ccccc2)n1. The van der Waals surface area contributed by atoms with Gasteiger partial charge < -0.3 is 16.8 Å². The summed E-state index contributed by atoms with van der Waals surface area (Å²) in [6, 6.07) is 18.6. The van der Waals surface area contributed by atoms with Gasteiger partial charge >= 0.3 is 0 Å². The highest BCUT2D eigenvalue weighted by atomic mass is 32.2. The van der Waals surface area contributed by atoms with Crippen molar-refractivity contribution in [3.8, 4) is 0 Å². The van der Waals surface area contributed by atoms with Gasteiger partial charge in [0.15, 0.2) is 5.16 Å². The molecule has 0 aliphatic heterocycles. The molecule has 3 rings (SSSR count). The van der Waals surface area contributed by atoms with Crippen molar-refractivity contribution in [2.45, 2.75) is 10.4 Å². The predicted molar refractivity (Wildman–Crippen MR) is 98.8 cm³/mol. The van der Waals surface area contributed by atoms with Crippen LogP contribution in [0.2, 0.25) is 0 Å². The van der Waals surface area contributed by atoms with Gasteiger partial charge in [0.1, 0.15) is 5.25 Å². The molecule has 1 aromatic heterocycles. The molecule has 0 saturated heterocycles. The molecule has 0 spiro atoms. The summed E-state index contributed by atoms with van der Waals surface area (Å²) in [4.78, 5) is 24.7. The fourth-order valence-electron chi connectivity index (χ4n) is 2.18. The summed E-state index contributed by atoms with van der Waals surface area (Å²) in [6.45, 7) is 0. The van der Waals surface area contributed by atoms with Gasteiger partial charge in [-0.15, -0.1) is 0 Å². The largest absolute Gasteiger partial charge is 0.368 e. The van der Waals surface area contributed by atoms with Crippen molar-refractivity contribution in [3.63, 3.8) is 0 Å². The minimum atomic E-state index is -0.567. The second-order valence-electron chi connectivity index (χ2n) is 5.10. The van der Waals surface area contributed by atoms with Gasteiger partial charge in [-0.1, -0.05) is 60.3 Å². The molecule has 0 unspecified atom stereocenters. The average Bonchev–Trinajstić information content (AvgIpc) is 2.60. The Labute approximate surface area is 148 Å². The highest BCUT2D eigenvalue weighted by Gasteiger charge is 2.24. The Morgan fingerprint density at radius 1 is 0.880 bits per heavy atom. The van der Waals surface area contributed by atoms with Crippen molar-refractivity contribution >= 4 is 35.3 Å².